The van der Waals surface area contributed by atoms with Gasteiger partial charge in [0.2, 0.25) is 0 Å². The van der Waals surface area contributed by atoms with E-state index < -0.39 is 21.9 Å². The van der Waals surface area contributed by atoms with E-state index in [2.05, 4.69) is 0 Å². The molecule has 0 saturated carbocycles. The number of unbranched alkanes of at least 4 members (excludes halogenated alkanes) is 1. The summed E-state index contributed by atoms with van der Waals surface area (Å²) in [4.78, 5) is 44.7. The Bertz CT molecular complexity index is 629. The number of hydrogen-bond donors (Lipinski definition) is 0. The molecule has 0 aliphatic rings. The second kappa shape index (κ2) is 6.78. The Kier molecular flexibility index (Phi) is 5.36. The Morgan fingerprint density at radius 2 is 2.00 bits per heavy atom. The van der Waals surface area contributed by atoms with Gasteiger partial charge in [0.25, 0.3) is 0 Å². The van der Waals surface area contributed by atoms with Gasteiger partial charge in [-0.05, 0) is 26.7 Å². The van der Waals surface area contributed by atoms with E-state index in [4.69, 9.17) is 0 Å². The summed E-state index contributed by atoms with van der Waals surface area (Å²) in [5, 5.41) is 10.8. The van der Waals surface area contributed by atoms with Gasteiger partial charge >= 0.3 is 16.9 Å². The van der Waals surface area contributed by atoms with E-state index in [0.717, 1.165) is 15.3 Å². The van der Waals surface area contributed by atoms with Crippen LogP contribution in [0.3, 0.4) is 0 Å². The minimum Gasteiger partial charge on any atom is -0.300 e. The van der Waals surface area contributed by atoms with Gasteiger partial charge in [-0.25, -0.2) is 4.79 Å². The number of aryl methyl sites for hydroxylation is 1. The molecule has 0 aliphatic heterocycles. The van der Waals surface area contributed by atoms with E-state index in [1.165, 1.54) is 6.92 Å². The van der Waals surface area contributed by atoms with Crippen LogP contribution in [-0.4, -0.2) is 19.8 Å². The summed E-state index contributed by atoms with van der Waals surface area (Å²) in [5.74, 6) is 0.0300. The second-order valence-electron chi connectivity index (χ2n) is 4.46. The van der Waals surface area contributed by atoms with Crippen LogP contribution in [0.2, 0.25) is 0 Å². The number of nitro groups is 1. The van der Waals surface area contributed by atoms with Crippen molar-refractivity contribution in [1.82, 2.24) is 9.13 Å². The Balaban J connectivity index is 3.08. The molecule has 110 valence electrons. The lowest BCUT2D eigenvalue weighted by Crippen LogP contribution is -2.40. The molecular formula is C12H17N3O5. The summed E-state index contributed by atoms with van der Waals surface area (Å²) >= 11 is 0. The summed E-state index contributed by atoms with van der Waals surface area (Å²) in [7, 11) is 0. The first-order chi connectivity index (χ1) is 9.38. The van der Waals surface area contributed by atoms with Crippen LogP contribution in [0, 0.1) is 10.1 Å². The normalized spacial score (nSPS) is 10.5. The first-order valence-electron chi connectivity index (χ1n) is 6.36. The largest absolute Gasteiger partial charge is 0.350 e. The summed E-state index contributed by atoms with van der Waals surface area (Å²) in [6.07, 6.45) is 2.32. The van der Waals surface area contributed by atoms with Gasteiger partial charge in [-0.2, -0.15) is 0 Å². The Morgan fingerprint density at radius 1 is 1.35 bits per heavy atom. The van der Waals surface area contributed by atoms with Gasteiger partial charge < -0.3 is 4.79 Å². The lowest BCUT2D eigenvalue weighted by molar-refractivity contribution is -0.387. The molecule has 8 heteroatoms. The van der Waals surface area contributed by atoms with Crippen molar-refractivity contribution in [3.05, 3.63) is 37.1 Å². The number of hydrogen-bond acceptors (Lipinski definition) is 5. The third-order valence-electron chi connectivity index (χ3n) is 2.92. The molecule has 1 aromatic heterocycles. The lowest BCUT2D eigenvalue weighted by Gasteiger charge is -2.08. The van der Waals surface area contributed by atoms with E-state index in [9.17, 15) is 24.5 Å². The highest BCUT2D eigenvalue weighted by atomic mass is 16.6. The Hall–Kier alpha value is -2.25. The van der Waals surface area contributed by atoms with Crippen molar-refractivity contribution >= 4 is 11.5 Å². The van der Waals surface area contributed by atoms with Crippen molar-refractivity contribution in [3.8, 4) is 0 Å². The fourth-order valence-corrected chi connectivity index (χ4v) is 1.83. The zero-order valence-corrected chi connectivity index (χ0v) is 11.5. The molecule has 0 atom stereocenters. The molecule has 0 fully saturated rings. The zero-order valence-electron chi connectivity index (χ0n) is 11.5. The molecule has 0 amide bonds. The van der Waals surface area contributed by atoms with Crippen LogP contribution in [0.1, 0.15) is 33.1 Å². The zero-order chi connectivity index (χ0) is 15.3. The average molecular weight is 283 g/mol. The van der Waals surface area contributed by atoms with Gasteiger partial charge in [-0.3, -0.25) is 24.0 Å². The highest BCUT2D eigenvalue weighted by Gasteiger charge is 2.18. The number of Topliss-reactive ketones (excluding diaryl/α,β-unsaturated/α-hetero) is 1. The minimum atomic E-state index is -0.896. The topological polar surface area (TPSA) is 104 Å². The number of rotatable bonds is 7. The monoisotopic (exact) mass is 283 g/mol. The quantitative estimate of drug-likeness (QED) is 0.416. The molecule has 0 unspecified atom stereocenters. The standard InChI is InChI=1S/C12H17N3O5/c1-3-13-8-10(15(19)20)11(17)14(12(13)18)7-5-4-6-9(2)16/h8H,3-7H2,1-2H3. The molecule has 0 bridgehead atoms. The van der Waals surface area contributed by atoms with E-state index in [0.29, 0.717) is 19.3 Å². The lowest BCUT2D eigenvalue weighted by atomic mass is 10.2. The molecule has 8 nitrogen and oxygen atoms in total. The van der Waals surface area contributed by atoms with Crippen LogP contribution in [0.25, 0.3) is 0 Å². The van der Waals surface area contributed by atoms with Gasteiger partial charge in [-0.1, -0.05) is 0 Å². The van der Waals surface area contributed by atoms with Crippen molar-refractivity contribution in [2.24, 2.45) is 0 Å². The fourth-order valence-electron chi connectivity index (χ4n) is 1.83. The SMILES string of the molecule is CCn1cc([N+](=O)[O-])c(=O)n(CCCCC(C)=O)c1=O. The molecule has 0 spiro atoms. The summed E-state index contributed by atoms with van der Waals surface area (Å²) in [6.45, 7) is 3.44. The van der Waals surface area contributed by atoms with Crippen LogP contribution in [-0.2, 0) is 17.9 Å². The average Bonchev–Trinajstić information content (AvgIpc) is 2.37. The highest BCUT2D eigenvalue weighted by Crippen LogP contribution is 2.02. The van der Waals surface area contributed by atoms with E-state index >= 15 is 0 Å². The first-order valence-corrected chi connectivity index (χ1v) is 6.36. The van der Waals surface area contributed by atoms with Gasteiger partial charge in [0, 0.05) is 19.5 Å². The fraction of sp³-hybridized carbons (Fsp3) is 0.583. The molecule has 1 heterocycles. The van der Waals surface area contributed by atoms with Crippen molar-refractivity contribution in [3.63, 3.8) is 0 Å². The molecule has 0 radical (unpaired) electrons. The van der Waals surface area contributed by atoms with Gasteiger partial charge in [0.15, 0.2) is 0 Å². The van der Waals surface area contributed by atoms with Crippen LogP contribution in [0.5, 0.6) is 0 Å². The maximum Gasteiger partial charge on any atom is 0.350 e. The molecule has 20 heavy (non-hydrogen) atoms. The predicted molar refractivity (Wildman–Crippen MR) is 71.8 cm³/mol. The number of carbonyl (C=O) groups excluding carboxylic acids is 1. The number of carbonyl (C=O) groups is 1. The van der Waals surface area contributed by atoms with Crippen molar-refractivity contribution in [2.45, 2.75) is 46.2 Å². The summed E-state index contributed by atoms with van der Waals surface area (Å²) in [5.41, 5.74) is -2.07. The van der Waals surface area contributed by atoms with Gasteiger partial charge in [-0.15, -0.1) is 0 Å². The summed E-state index contributed by atoms with van der Waals surface area (Å²) < 4.78 is 1.99. The maximum atomic E-state index is 12.0. The maximum absolute atomic E-state index is 12.0. The molecule has 0 aliphatic carbocycles. The van der Waals surface area contributed by atoms with Crippen molar-refractivity contribution in [2.75, 3.05) is 0 Å². The third-order valence-corrected chi connectivity index (χ3v) is 2.92. The molecule has 1 aromatic rings. The van der Waals surface area contributed by atoms with E-state index in [1.807, 2.05) is 0 Å². The van der Waals surface area contributed by atoms with Crippen LogP contribution in [0.4, 0.5) is 5.69 Å². The second-order valence-corrected chi connectivity index (χ2v) is 4.46. The first kappa shape index (κ1) is 15.8. The molecule has 0 aromatic carbocycles. The minimum absolute atomic E-state index is 0.0300. The highest BCUT2D eigenvalue weighted by molar-refractivity contribution is 5.75. The molecule has 0 saturated heterocycles. The third kappa shape index (κ3) is 3.62. The smallest absolute Gasteiger partial charge is 0.300 e. The van der Waals surface area contributed by atoms with Crippen molar-refractivity contribution in [1.29, 1.82) is 0 Å². The molecule has 0 N–H and O–H groups in total. The van der Waals surface area contributed by atoms with Gasteiger partial charge in [0.1, 0.15) is 5.78 Å². The van der Waals surface area contributed by atoms with E-state index in [-0.39, 0.29) is 18.9 Å². The summed E-state index contributed by atoms with van der Waals surface area (Å²) in [6, 6.07) is 0. The Morgan fingerprint density at radius 3 is 2.50 bits per heavy atom. The van der Waals surface area contributed by atoms with Crippen LogP contribution < -0.4 is 11.2 Å². The predicted octanol–water partition coefficient (Wildman–Crippen LogP) is 0.697. The van der Waals surface area contributed by atoms with Gasteiger partial charge in [0.05, 0.1) is 11.1 Å². The molecule has 1 rings (SSSR count). The van der Waals surface area contributed by atoms with Crippen LogP contribution in [0.15, 0.2) is 15.8 Å². The van der Waals surface area contributed by atoms with Crippen molar-refractivity contribution < 1.29 is 9.72 Å². The number of aromatic nitrogens is 2. The number of nitrogens with zero attached hydrogens (tertiary/aromatic N) is 3. The number of ketones is 1. The van der Waals surface area contributed by atoms with E-state index in [1.54, 1.807) is 6.92 Å². The van der Waals surface area contributed by atoms with Crippen LogP contribution >= 0.6 is 0 Å². The molecular weight excluding hydrogens is 266 g/mol. The Labute approximate surface area is 114 Å².